The van der Waals surface area contributed by atoms with E-state index < -0.39 is 0 Å². The number of aryl methyl sites for hydroxylation is 3. The lowest BCUT2D eigenvalue weighted by molar-refractivity contribution is 0.302. The van der Waals surface area contributed by atoms with Crippen LogP contribution in [-0.2, 0) is 0 Å². The van der Waals surface area contributed by atoms with Crippen LogP contribution in [-0.4, -0.2) is 11.9 Å². The summed E-state index contributed by atoms with van der Waals surface area (Å²) in [5.74, 6) is 1.07. The fourth-order valence-electron chi connectivity index (χ4n) is 1.94. The van der Waals surface area contributed by atoms with E-state index in [9.17, 15) is 0 Å². The van der Waals surface area contributed by atoms with Crippen molar-refractivity contribution in [2.45, 2.75) is 40.0 Å². The lowest BCUT2D eigenvalue weighted by atomic mass is 10.1. The third-order valence-corrected chi connectivity index (χ3v) is 3.19. The average Bonchev–Trinajstić information content (AvgIpc) is 2.20. The van der Waals surface area contributed by atoms with E-state index in [1.807, 2.05) is 0 Å². The van der Waals surface area contributed by atoms with Gasteiger partial charge in [0, 0.05) is 5.33 Å². The number of hydrogen-bond acceptors (Lipinski definition) is 1. The first-order chi connectivity index (χ1) is 7.65. The molecule has 0 fully saturated rings. The van der Waals surface area contributed by atoms with Gasteiger partial charge in [-0.2, -0.15) is 0 Å². The number of ether oxygens (including phenoxy) is 1. The molecule has 0 radical (unpaired) electrons. The smallest absolute Gasteiger partial charge is 0.125 e. The number of rotatable bonds is 6. The largest absolute Gasteiger partial charge is 0.493 e. The van der Waals surface area contributed by atoms with Gasteiger partial charge in [-0.05, 0) is 51.2 Å². The zero-order valence-electron chi connectivity index (χ0n) is 10.5. The molecule has 0 unspecified atom stereocenters. The maximum Gasteiger partial charge on any atom is 0.125 e. The van der Waals surface area contributed by atoms with Gasteiger partial charge in [0.25, 0.3) is 0 Å². The Morgan fingerprint density at radius 1 is 1.00 bits per heavy atom. The van der Waals surface area contributed by atoms with Gasteiger partial charge in [-0.1, -0.05) is 33.6 Å². The zero-order valence-corrected chi connectivity index (χ0v) is 12.1. The van der Waals surface area contributed by atoms with Crippen LogP contribution in [0.1, 0.15) is 36.0 Å². The van der Waals surface area contributed by atoms with Crippen LogP contribution in [0.3, 0.4) is 0 Å². The molecule has 0 heterocycles. The van der Waals surface area contributed by atoms with Gasteiger partial charge in [-0.25, -0.2) is 0 Å². The Balaban J connectivity index is 2.47. The third-order valence-electron chi connectivity index (χ3n) is 2.63. The van der Waals surface area contributed by atoms with Gasteiger partial charge in [0.05, 0.1) is 6.61 Å². The van der Waals surface area contributed by atoms with Gasteiger partial charge in [-0.15, -0.1) is 0 Å². The van der Waals surface area contributed by atoms with Crippen LogP contribution in [0.4, 0.5) is 0 Å². The number of halogens is 1. The number of hydrogen-bond donors (Lipinski definition) is 0. The molecule has 0 bridgehead atoms. The maximum atomic E-state index is 5.85. The molecule has 0 spiro atoms. The summed E-state index contributed by atoms with van der Waals surface area (Å²) in [6.07, 6.45) is 3.60. The van der Waals surface area contributed by atoms with Gasteiger partial charge in [-0.3, -0.25) is 0 Å². The molecule has 1 aromatic rings. The van der Waals surface area contributed by atoms with Crippen LogP contribution in [0.15, 0.2) is 12.1 Å². The molecule has 0 aliphatic rings. The molecule has 0 aliphatic carbocycles. The minimum atomic E-state index is 0.831. The van der Waals surface area contributed by atoms with E-state index in [0.29, 0.717) is 0 Å². The number of unbranched alkanes of at least 4 members (excludes halogenated alkanes) is 2. The minimum Gasteiger partial charge on any atom is -0.493 e. The van der Waals surface area contributed by atoms with Crippen molar-refractivity contribution in [1.29, 1.82) is 0 Å². The van der Waals surface area contributed by atoms with Crippen LogP contribution >= 0.6 is 15.9 Å². The van der Waals surface area contributed by atoms with Crippen molar-refractivity contribution in [3.05, 3.63) is 28.8 Å². The van der Waals surface area contributed by atoms with Gasteiger partial charge >= 0.3 is 0 Å². The van der Waals surface area contributed by atoms with Crippen molar-refractivity contribution in [3.8, 4) is 5.75 Å². The molecule has 1 rings (SSSR count). The SMILES string of the molecule is Cc1cc(C)c(OCCCCCBr)c(C)c1. The van der Waals surface area contributed by atoms with Crippen molar-refractivity contribution in [2.75, 3.05) is 11.9 Å². The molecule has 0 N–H and O–H groups in total. The normalized spacial score (nSPS) is 10.5. The summed E-state index contributed by atoms with van der Waals surface area (Å²) in [5, 5.41) is 1.09. The quantitative estimate of drug-likeness (QED) is 0.550. The Hall–Kier alpha value is -0.500. The van der Waals surface area contributed by atoms with Crippen LogP contribution in [0.2, 0.25) is 0 Å². The molecule has 0 aromatic heterocycles. The Morgan fingerprint density at radius 2 is 1.62 bits per heavy atom. The summed E-state index contributed by atoms with van der Waals surface area (Å²) in [5.41, 5.74) is 3.80. The Morgan fingerprint density at radius 3 is 2.19 bits per heavy atom. The number of alkyl halides is 1. The molecule has 1 nitrogen and oxygen atoms in total. The topological polar surface area (TPSA) is 9.23 Å². The van der Waals surface area contributed by atoms with Crippen molar-refractivity contribution in [1.82, 2.24) is 0 Å². The van der Waals surface area contributed by atoms with Crippen molar-refractivity contribution in [3.63, 3.8) is 0 Å². The Kier molecular flexibility index (Phi) is 5.89. The van der Waals surface area contributed by atoms with E-state index in [0.717, 1.165) is 24.1 Å². The summed E-state index contributed by atoms with van der Waals surface area (Å²) in [6.45, 7) is 7.19. The van der Waals surface area contributed by atoms with Crippen LogP contribution in [0.25, 0.3) is 0 Å². The van der Waals surface area contributed by atoms with Crippen LogP contribution < -0.4 is 4.74 Å². The van der Waals surface area contributed by atoms with E-state index in [2.05, 4.69) is 48.8 Å². The lowest BCUT2D eigenvalue weighted by Crippen LogP contribution is -2.01. The maximum absolute atomic E-state index is 5.85. The second-order valence-corrected chi connectivity index (χ2v) is 5.12. The van der Waals surface area contributed by atoms with Gasteiger partial charge in [0.2, 0.25) is 0 Å². The first-order valence-electron chi connectivity index (χ1n) is 5.91. The second kappa shape index (κ2) is 6.95. The highest BCUT2D eigenvalue weighted by Crippen LogP contribution is 2.24. The minimum absolute atomic E-state index is 0.831. The fraction of sp³-hybridized carbons (Fsp3) is 0.571. The highest BCUT2D eigenvalue weighted by atomic mass is 79.9. The summed E-state index contributed by atoms with van der Waals surface area (Å²) in [4.78, 5) is 0. The molecule has 0 saturated carbocycles. The van der Waals surface area contributed by atoms with E-state index in [-0.39, 0.29) is 0 Å². The molecule has 0 atom stereocenters. The van der Waals surface area contributed by atoms with Crippen molar-refractivity contribution in [2.24, 2.45) is 0 Å². The molecular weight excluding hydrogens is 264 g/mol. The molecule has 1 aromatic carbocycles. The molecule has 0 saturated heterocycles. The van der Waals surface area contributed by atoms with Gasteiger partial charge in [0.15, 0.2) is 0 Å². The van der Waals surface area contributed by atoms with Crippen LogP contribution in [0.5, 0.6) is 5.75 Å². The van der Waals surface area contributed by atoms with Gasteiger partial charge in [0.1, 0.15) is 5.75 Å². The zero-order chi connectivity index (χ0) is 12.0. The predicted molar refractivity (Wildman–Crippen MR) is 73.8 cm³/mol. The Labute approximate surface area is 107 Å². The molecule has 2 heteroatoms. The lowest BCUT2D eigenvalue weighted by Gasteiger charge is -2.12. The first-order valence-corrected chi connectivity index (χ1v) is 7.04. The predicted octanol–water partition coefficient (Wildman–Crippen LogP) is 4.56. The second-order valence-electron chi connectivity index (χ2n) is 4.33. The summed E-state index contributed by atoms with van der Waals surface area (Å²) in [6, 6.07) is 4.36. The Bertz CT molecular complexity index is 311. The van der Waals surface area contributed by atoms with E-state index >= 15 is 0 Å². The molecular formula is C14H21BrO. The molecule has 0 aliphatic heterocycles. The number of benzene rings is 1. The van der Waals surface area contributed by atoms with Crippen LogP contribution in [0, 0.1) is 20.8 Å². The molecule has 90 valence electrons. The van der Waals surface area contributed by atoms with E-state index in [1.54, 1.807) is 0 Å². The van der Waals surface area contributed by atoms with E-state index in [4.69, 9.17) is 4.74 Å². The standard InChI is InChI=1S/C14H21BrO/c1-11-9-12(2)14(13(3)10-11)16-8-6-4-5-7-15/h9-10H,4-8H2,1-3H3. The molecule has 0 amide bonds. The van der Waals surface area contributed by atoms with E-state index in [1.165, 1.54) is 29.5 Å². The summed E-state index contributed by atoms with van der Waals surface area (Å²) >= 11 is 3.44. The fourth-order valence-corrected chi connectivity index (χ4v) is 2.34. The van der Waals surface area contributed by atoms with Crippen molar-refractivity contribution >= 4 is 15.9 Å². The third kappa shape index (κ3) is 4.17. The summed E-state index contributed by atoms with van der Waals surface area (Å²) < 4.78 is 5.85. The van der Waals surface area contributed by atoms with Crippen molar-refractivity contribution < 1.29 is 4.74 Å². The monoisotopic (exact) mass is 284 g/mol. The average molecular weight is 285 g/mol. The summed E-state index contributed by atoms with van der Waals surface area (Å²) in [7, 11) is 0. The highest BCUT2D eigenvalue weighted by Gasteiger charge is 2.04. The first kappa shape index (κ1) is 13.6. The highest BCUT2D eigenvalue weighted by molar-refractivity contribution is 9.09. The molecule has 16 heavy (non-hydrogen) atoms. The van der Waals surface area contributed by atoms with Gasteiger partial charge < -0.3 is 4.74 Å².